The van der Waals surface area contributed by atoms with E-state index in [-0.39, 0.29) is 5.82 Å². The molecule has 2 aromatic carbocycles. The van der Waals surface area contributed by atoms with Crippen LogP contribution in [0, 0.1) is 5.82 Å². The van der Waals surface area contributed by atoms with Crippen molar-refractivity contribution in [1.29, 1.82) is 0 Å². The van der Waals surface area contributed by atoms with Crippen molar-refractivity contribution in [2.24, 2.45) is 0 Å². The molecule has 0 amide bonds. The molecule has 0 bridgehead atoms. The molecule has 0 unspecified atom stereocenters. The highest BCUT2D eigenvalue weighted by Gasteiger charge is 2.07. The van der Waals surface area contributed by atoms with Crippen molar-refractivity contribution in [1.82, 2.24) is 0 Å². The van der Waals surface area contributed by atoms with Crippen LogP contribution in [0.1, 0.15) is 23.7 Å². The Hall–Kier alpha value is -1.71. The van der Waals surface area contributed by atoms with Crippen LogP contribution in [0.2, 0.25) is 0 Å². The van der Waals surface area contributed by atoms with E-state index in [1.807, 2.05) is 30.3 Å². The van der Waals surface area contributed by atoms with Gasteiger partial charge in [-0.15, -0.1) is 0 Å². The molecule has 1 atom stereocenters. The van der Waals surface area contributed by atoms with Gasteiger partial charge < -0.3 is 9.84 Å². The minimum absolute atomic E-state index is 0.295. The van der Waals surface area contributed by atoms with E-state index in [0.29, 0.717) is 25.2 Å². The van der Waals surface area contributed by atoms with Crippen LogP contribution in [-0.4, -0.2) is 11.7 Å². The van der Waals surface area contributed by atoms with Gasteiger partial charge >= 0.3 is 0 Å². The maximum Gasteiger partial charge on any atom is 0.123 e. The maximum absolute atomic E-state index is 12.7. The van der Waals surface area contributed by atoms with Gasteiger partial charge in [-0.3, -0.25) is 0 Å². The molecule has 19 heavy (non-hydrogen) atoms. The lowest BCUT2D eigenvalue weighted by atomic mass is 10.1. The van der Waals surface area contributed by atoms with E-state index in [1.165, 1.54) is 12.1 Å². The van der Waals surface area contributed by atoms with E-state index in [9.17, 15) is 9.50 Å². The van der Waals surface area contributed by atoms with Gasteiger partial charge in [-0.2, -0.15) is 0 Å². The molecule has 0 aliphatic carbocycles. The Balaban J connectivity index is 1.72. The molecule has 2 aromatic rings. The summed E-state index contributed by atoms with van der Waals surface area (Å²) >= 11 is 0. The smallest absolute Gasteiger partial charge is 0.123 e. The number of benzene rings is 2. The summed E-state index contributed by atoms with van der Waals surface area (Å²) in [5, 5.41) is 9.91. The third kappa shape index (κ3) is 4.47. The molecule has 1 N–H and O–H groups in total. The molecular formula is C16H17FO2. The fraction of sp³-hybridized carbons (Fsp3) is 0.250. The molecule has 0 spiro atoms. The minimum Gasteiger partial charge on any atom is -0.388 e. The molecule has 0 fully saturated rings. The Morgan fingerprint density at radius 2 is 1.68 bits per heavy atom. The van der Waals surface area contributed by atoms with E-state index in [4.69, 9.17) is 4.74 Å². The average Bonchev–Trinajstić information content (AvgIpc) is 2.45. The summed E-state index contributed by atoms with van der Waals surface area (Å²) < 4.78 is 18.2. The first kappa shape index (κ1) is 13.7. The van der Waals surface area contributed by atoms with Crippen LogP contribution in [0.4, 0.5) is 4.39 Å². The predicted molar refractivity (Wildman–Crippen MR) is 72.1 cm³/mol. The molecule has 0 aliphatic heterocycles. The number of halogens is 1. The molecule has 0 saturated heterocycles. The van der Waals surface area contributed by atoms with Crippen molar-refractivity contribution in [3.8, 4) is 0 Å². The Morgan fingerprint density at radius 1 is 1.00 bits per heavy atom. The van der Waals surface area contributed by atoms with Gasteiger partial charge in [-0.1, -0.05) is 42.5 Å². The molecule has 0 heterocycles. The van der Waals surface area contributed by atoms with Gasteiger partial charge in [0, 0.05) is 13.0 Å². The van der Waals surface area contributed by atoms with E-state index in [0.717, 1.165) is 5.56 Å². The fourth-order valence-corrected chi connectivity index (χ4v) is 1.81. The predicted octanol–water partition coefficient (Wildman–Crippen LogP) is 3.47. The molecule has 0 aromatic heterocycles. The highest BCUT2D eigenvalue weighted by Crippen LogP contribution is 2.17. The standard InChI is InChI=1S/C16H17FO2/c17-15-8-6-14(7-9-15)16(18)10-11-19-12-13-4-2-1-3-5-13/h1-9,16,18H,10-12H2/t16-/m0/s1. The normalized spacial score (nSPS) is 12.3. The van der Waals surface area contributed by atoms with Crippen molar-refractivity contribution in [3.05, 3.63) is 71.5 Å². The topological polar surface area (TPSA) is 29.5 Å². The van der Waals surface area contributed by atoms with Crippen LogP contribution in [0.25, 0.3) is 0 Å². The minimum atomic E-state index is -0.614. The number of aliphatic hydroxyl groups excluding tert-OH is 1. The number of rotatable bonds is 6. The summed E-state index contributed by atoms with van der Waals surface area (Å²) in [5.41, 5.74) is 1.82. The van der Waals surface area contributed by atoms with Gasteiger partial charge in [0.2, 0.25) is 0 Å². The lowest BCUT2D eigenvalue weighted by Gasteiger charge is -2.11. The highest BCUT2D eigenvalue weighted by atomic mass is 19.1. The van der Waals surface area contributed by atoms with Gasteiger partial charge in [0.15, 0.2) is 0 Å². The molecule has 3 heteroatoms. The molecule has 0 saturated carbocycles. The summed E-state index contributed by atoms with van der Waals surface area (Å²) in [7, 11) is 0. The van der Waals surface area contributed by atoms with E-state index in [1.54, 1.807) is 12.1 Å². The number of ether oxygens (including phenoxy) is 1. The van der Waals surface area contributed by atoms with Crippen LogP contribution in [0.5, 0.6) is 0 Å². The zero-order valence-corrected chi connectivity index (χ0v) is 10.6. The third-order valence-corrected chi connectivity index (χ3v) is 2.90. The van der Waals surface area contributed by atoms with Crippen LogP contribution in [0.3, 0.4) is 0 Å². The van der Waals surface area contributed by atoms with E-state index < -0.39 is 6.10 Å². The van der Waals surface area contributed by atoms with Crippen molar-refractivity contribution >= 4 is 0 Å². The average molecular weight is 260 g/mol. The molecule has 2 nitrogen and oxygen atoms in total. The van der Waals surface area contributed by atoms with Gasteiger partial charge in [0.1, 0.15) is 5.82 Å². The highest BCUT2D eigenvalue weighted by molar-refractivity contribution is 5.18. The Kier molecular flexibility index (Phi) is 5.07. The Bertz CT molecular complexity index is 482. The second kappa shape index (κ2) is 7.02. The maximum atomic E-state index is 12.7. The first-order valence-corrected chi connectivity index (χ1v) is 6.31. The van der Waals surface area contributed by atoms with E-state index in [2.05, 4.69) is 0 Å². The van der Waals surface area contributed by atoms with Gasteiger partial charge in [-0.25, -0.2) is 4.39 Å². The summed E-state index contributed by atoms with van der Waals surface area (Å²) in [5.74, 6) is -0.295. The van der Waals surface area contributed by atoms with Crippen molar-refractivity contribution in [3.63, 3.8) is 0 Å². The molecule has 100 valence electrons. The van der Waals surface area contributed by atoms with Crippen LogP contribution < -0.4 is 0 Å². The number of hydrogen-bond acceptors (Lipinski definition) is 2. The Labute approximate surface area is 112 Å². The van der Waals surface area contributed by atoms with Crippen LogP contribution in [0.15, 0.2) is 54.6 Å². The molecule has 0 aliphatic rings. The zero-order chi connectivity index (χ0) is 13.5. The number of hydrogen-bond donors (Lipinski definition) is 1. The monoisotopic (exact) mass is 260 g/mol. The molecule has 2 rings (SSSR count). The first-order valence-electron chi connectivity index (χ1n) is 6.31. The molecular weight excluding hydrogens is 243 g/mol. The fourth-order valence-electron chi connectivity index (χ4n) is 1.81. The van der Waals surface area contributed by atoms with E-state index >= 15 is 0 Å². The summed E-state index contributed by atoms with van der Waals surface area (Å²) in [6.45, 7) is 1.00. The largest absolute Gasteiger partial charge is 0.388 e. The summed E-state index contributed by atoms with van der Waals surface area (Å²) in [6.07, 6.45) is -0.116. The quantitative estimate of drug-likeness (QED) is 0.806. The summed E-state index contributed by atoms with van der Waals surface area (Å²) in [6, 6.07) is 15.8. The van der Waals surface area contributed by atoms with Crippen LogP contribution >= 0.6 is 0 Å². The SMILES string of the molecule is O[C@@H](CCOCc1ccccc1)c1ccc(F)cc1. The van der Waals surface area contributed by atoms with Crippen LogP contribution in [-0.2, 0) is 11.3 Å². The molecule has 0 radical (unpaired) electrons. The van der Waals surface area contributed by atoms with Crippen molar-refractivity contribution in [2.75, 3.05) is 6.61 Å². The lowest BCUT2D eigenvalue weighted by Crippen LogP contribution is -2.03. The van der Waals surface area contributed by atoms with Crippen molar-refractivity contribution in [2.45, 2.75) is 19.1 Å². The third-order valence-electron chi connectivity index (χ3n) is 2.90. The van der Waals surface area contributed by atoms with Gasteiger partial charge in [0.25, 0.3) is 0 Å². The Morgan fingerprint density at radius 3 is 2.37 bits per heavy atom. The second-order valence-electron chi connectivity index (χ2n) is 4.39. The lowest BCUT2D eigenvalue weighted by molar-refractivity contribution is 0.0733. The number of aliphatic hydroxyl groups is 1. The first-order chi connectivity index (χ1) is 9.25. The van der Waals surface area contributed by atoms with Crippen molar-refractivity contribution < 1.29 is 14.2 Å². The summed E-state index contributed by atoms with van der Waals surface area (Å²) in [4.78, 5) is 0. The van der Waals surface area contributed by atoms with Gasteiger partial charge in [0.05, 0.1) is 12.7 Å². The second-order valence-corrected chi connectivity index (χ2v) is 4.39. The zero-order valence-electron chi connectivity index (χ0n) is 10.6. The van der Waals surface area contributed by atoms with Gasteiger partial charge in [-0.05, 0) is 23.3 Å².